The van der Waals surface area contributed by atoms with Crippen LogP contribution in [-0.4, -0.2) is 38.1 Å². The first-order chi connectivity index (χ1) is 8.78. The zero-order chi connectivity index (χ0) is 14.4. The summed E-state index contributed by atoms with van der Waals surface area (Å²) in [6.07, 6.45) is -4.00. The molecule has 1 aliphatic rings. The monoisotopic (exact) mass is 403 g/mol. The maximum Gasteiger partial charge on any atom is 0.351 e. The molecule has 0 saturated carbocycles. The number of anilines is 1. The number of aliphatic hydroxyl groups is 1. The van der Waals surface area contributed by atoms with Gasteiger partial charge in [-0.05, 0) is 15.9 Å². The van der Waals surface area contributed by atoms with E-state index >= 15 is 0 Å². The highest BCUT2D eigenvalue weighted by atomic mass is 79.9. The van der Waals surface area contributed by atoms with Crippen molar-refractivity contribution in [3.8, 4) is 0 Å². The Balaban J connectivity index is 2.48. The number of aromatic nitrogens is 2. The number of halogens is 4. The van der Waals surface area contributed by atoms with Crippen molar-refractivity contribution in [2.75, 3.05) is 11.1 Å². The van der Waals surface area contributed by atoms with Gasteiger partial charge in [-0.1, -0.05) is 15.9 Å². The van der Waals surface area contributed by atoms with Crippen molar-refractivity contribution in [1.82, 2.24) is 9.55 Å². The van der Waals surface area contributed by atoms with Crippen LogP contribution in [0.1, 0.15) is 6.23 Å². The van der Waals surface area contributed by atoms with Crippen LogP contribution >= 0.6 is 31.9 Å². The van der Waals surface area contributed by atoms with E-state index in [-0.39, 0.29) is 15.6 Å². The van der Waals surface area contributed by atoms with Crippen LogP contribution in [0.5, 0.6) is 0 Å². The molecule has 2 rings (SSSR count). The largest absolute Gasteiger partial charge is 0.384 e. The molecule has 0 bridgehead atoms. The first-order valence-electron chi connectivity index (χ1n) is 5.10. The van der Waals surface area contributed by atoms with Gasteiger partial charge in [-0.3, -0.25) is 4.57 Å². The third kappa shape index (κ3) is 2.41. The van der Waals surface area contributed by atoms with E-state index in [1.54, 1.807) is 0 Å². The molecule has 6 nitrogen and oxygen atoms in total. The predicted octanol–water partition coefficient (Wildman–Crippen LogP) is 0.876. The highest BCUT2D eigenvalue weighted by molar-refractivity contribution is 9.10. The Hall–Kier alpha value is -0.580. The molecule has 19 heavy (non-hydrogen) atoms. The zero-order valence-electron chi connectivity index (χ0n) is 9.26. The highest BCUT2D eigenvalue weighted by Crippen LogP contribution is 2.42. The van der Waals surface area contributed by atoms with Gasteiger partial charge in [-0.2, -0.15) is 13.8 Å². The molecular formula is C9H9Br2F2N3O3. The van der Waals surface area contributed by atoms with E-state index in [1.807, 2.05) is 0 Å². The number of alkyl halides is 3. The van der Waals surface area contributed by atoms with E-state index in [1.165, 1.54) is 0 Å². The highest BCUT2D eigenvalue weighted by Gasteiger charge is 2.59. The number of nitrogens with two attached hydrogens (primary N) is 1. The molecule has 2 heterocycles. The van der Waals surface area contributed by atoms with Crippen molar-refractivity contribution in [1.29, 1.82) is 0 Å². The van der Waals surface area contributed by atoms with E-state index in [4.69, 9.17) is 10.5 Å². The predicted molar refractivity (Wildman–Crippen MR) is 69.3 cm³/mol. The maximum atomic E-state index is 13.9. The minimum atomic E-state index is -3.61. The van der Waals surface area contributed by atoms with E-state index in [2.05, 4.69) is 36.8 Å². The molecule has 0 amide bonds. The smallest absolute Gasteiger partial charge is 0.351 e. The summed E-state index contributed by atoms with van der Waals surface area (Å²) < 4.78 is 33.6. The molecule has 1 aromatic heterocycles. The van der Waals surface area contributed by atoms with Gasteiger partial charge in [0.2, 0.25) is 6.23 Å². The Morgan fingerprint density at radius 3 is 2.79 bits per heavy atom. The fourth-order valence-corrected chi connectivity index (χ4v) is 2.54. The van der Waals surface area contributed by atoms with Crippen LogP contribution in [0.15, 0.2) is 15.5 Å². The number of nitrogen functional groups attached to an aromatic ring is 1. The second-order valence-corrected chi connectivity index (χ2v) is 5.47. The van der Waals surface area contributed by atoms with Gasteiger partial charge in [0, 0.05) is 11.5 Å². The summed E-state index contributed by atoms with van der Waals surface area (Å²) in [5.41, 5.74) is 4.40. The van der Waals surface area contributed by atoms with Crippen LogP contribution in [0.25, 0.3) is 0 Å². The van der Waals surface area contributed by atoms with E-state index in [0.717, 1.165) is 6.20 Å². The van der Waals surface area contributed by atoms with Gasteiger partial charge < -0.3 is 15.6 Å². The molecule has 0 spiro atoms. The summed E-state index contributed by atoms with van der Waals surface area (Å²) >= 11 is 5.96. The summed E-state index contributed by atoms with van der Waals surface area (Å²) in [5.74, 6) is -3.72. The SMILES string of the molecule is Nc1nc(=O)n([C@@H]2O[C@H](CBr)[C@@H](O)C2(F)F)cc1Br. The molecular weight excluding hydrogens is 396 g/mol. The van der Waals surface area contributed by atoms with Crippen molar-refractivity contribution in [3.05, 3.63) is 21.2 Å². The van der Waals surface area contributed by atoms with Crippen molar-refractivity contribution < 1.29 is 18.6 Å². The lowest BCUT2D eigenvalue weighted by Gasteiger charge is -2.21. The average Bonchev–Trinajstić information content (AvgIpc) is 2.56. The molecule has 106 valence electrons. The lowest BCUT2D eigenvalue weighted by Crippen LogP contribution is -2.41. The zero-order valence-corrected chi connectivity index (χ0v) is 12.4. The fourth-order valence-electron chi connectivity index (χ4n) is 1.72. The van der Waals surface area contributed by atoms with Crippen LogP contribution in [0.2, 0.25) is 0 Å². The summed E-state index contributed by atoms with van der Waals surface area (Å²) in [6.45, 7) is 0. The first kappa shape index (κ1) is 14.8. The van der Waals surface area contributed by atoms with Crippen molar-refractivity contribution >= 4 is 37.7 Å². The fraction of sp³-hybridized carbons (Fsp3) is 0.556. The van der Waals surface area contributed by atoms with E-state index in [0.29, 0.717) is 4.57 Å². The summed E-state index contributed by atoms with van der Waals surface area (Å²) in [6, 6.07) is 0. The molecule has 1 fully saturated rings. The molecule has 0 aromatic carbocycles. The standard InChI is InChI=1S/C9H9Br2F2N3O3/c10-1-4-5(17)9(12,13)7(19-4)16-2-3(11)6(14)15-8(16)18/h2,4-5,7,17H,1H2,(H2,14,15,18)/t4-,5-,7-/m1/s1. The molecule has 1 saturated heterocycles. The maximum absolute atomic E-state index is 13.9. The molecule has 1 aliphatic heterocycles. The number of ether oxygens (including phenoxy) is 1. The number of hydrogen-bond donors (Lipinski definition) is 2. The Labute approximate surface area is 122 Å². The van der Waals surface area contributed by atoms with Crippen LogP contribution in [-0.2, 0) is 4.74 Å². The third-order valence-electron chi connectivity index (χ3n) is 2.72. The van der Waals surface area contributed by atoms with Gasteiger partial charge in [0.1, 0.15) is 18.0 Å². The Bertz CT molecular complexity index is 554. The van der Waals surface area contributed by atoms with Crippen LogP contribution in [0, 0.1) is 0 Å². The topological polar surface area (TPSA) is 90.4 Å². The van der Waals surface area contributed by atoms with Gasteiger partial charge in [0.05, 0.1) is 4.47 Å². The number of rotatable bonds is 2. The summed E-state index contributed by atoms with van der Waals surface area (Å²) in [4.78, 5) is 15.0. The van der Waals surface area contributed by atoms with E-state index < -0.39 is 30.0 Å². The molecule has 0 radical (unpaired) electrons. The van der Waals surface area contributed by atoms with Crippen LogP contribution < -0.4 is 11.4 Å². The van der Waals surface area contributed by atoms with Crippen molar-refractivity contribution in [3.63, 3.8) is 0 Å². The normalized spacial score (nSPS) is 29.6. The quantitative estimate of drug-likeness (QED) is 0.714. The lowest BCUT2D eigenvalue weighted by atomic mass is 10.1. The van der Waals surface area contributed by atoms with Gasteiger partial charge in [-0.25, -0.2) is 4.79 Å². The number of aliphatic hydroxyl groups excluding tert-OH is 1. The summed E-state index contributed by atoms with van der Waals surface area (Å²) in [5, 5.41) is 9.50. The number of nitrogens with zero attached hydrogens (tertiary/aromatic N) is 2. The second-order valence-electron chi connectivity index (χ2n) is 3.96. The molecule has 10 heteroatoms. The molecule has 1 aromatic rings. The lowest BCUT2D eigenvalue weighted by molar-refractivity contribution is -0.140. The van der Waals surface area contributed by atoms with Gasteiger partial charge in [0.15, 0.2) is 0 Å². The van der Waals surface area contributed by atoms with Crippen LogP contribution in [0.4, 0.5) is 14.6 Å². The van der Waals surface area contributed by atoms with Gasteiger partial charge >= 0.3 is 11.6 Å². The Morgan fingerprint density at radius 1 is 1.63 bits per heavy atom. The second kappa shape index (κ2) is 5.08. The van der Waals surface area contributed by atoms with Gasteiger partial charge in [0.25, 0.3) is 0 Å². The first-order valence-corrected chi connectivity index (χ1v) is 7.02. The molecule has 0 aliphatic carbocycles. The third-order valence-corrected chi connectivity index (χ3v) is 3.97. The van der Waals surface area contributed by atoms with Gasteiger partial charge in [-0.15, -0.1) is 0 Å². The Kier molecular flexibility index (Phi) is 3.96. The van der Waals surface area contributed by atoms with Crippen molar-refractivity contribution in [2.45, 2.75) is 24.4 Å². The Morgan fingerprint density at radius 2 is 2.26 bits per heavy atom. The van der Waals surface area contributed by atoms with Crippen molar-refractivity contribution in [2.24, 2.45) is 0 Å². The molecule has 3 atom stereocenters. The molecule has 0 unspecified atom stereocenters. The van der Waals surface area contributed by atoms with Crippen LogP contribution in [0.3, 0.4) is 0 Å². The average molecular weight is 405 g/mol. The minimum absolute atomic E-state index is 0.0125. The molecule has 3 N–H and O–H groups in total. The summed E-state index contributed by atoms with van der Waals surface area (Å²) in [7, 11) is 0. The number of hydrogen-bond acceptors (Lipinski definition) is 5. The van der Waals surface area contributed by atoms with E-state index in [9.17, 15) is 18.7 Å². The minimum Gasteiger partial charge on any atom is -0.384 e.